The number of carbonyl (C=O) groups is 1. The number of rotatable bonds is 7. The number of thioether (sulfide) groups is 1. The van der Waals surface area contributed by atoms with E-state index >= 15 is 0 Å². The molecule has 0 aromatic heterocycles. The minimum absolute atomic E-state index is 0.151. The lowest BCUT2D eigenvalue weighted by atomic mass is 10.1. The SMILES string of the molecule is CCSC1CCC(N(C)C(=O)CC(CN)OC)C1. The number of amides is 1. The predicted octanol–water partition coefficient (Wildman–Crippen LogP) is 1.48. The first-order valence-corrected chi connectivity index (χ1v) is 7.77. The first-order valence-electron chi connectivity index (χ1n) is 6.72. The topological polar surface area (TPSA) is 55.6 Å². The minimum Gasteiger partial charge on any atom is -0.380 e. The molecule has 0 aromatic carbocycles. The quantitative estimate of drug-likeness (QED) is 0.764. The van der Waals surface area contributed by atoms with Crippen LogP contribution in [0.1, 0.15) is 32.6 Å². The maximum atomic E-state index is 12.1. The summed E-state index contributed by atoms with van der Waals surface area (Å²) in [5, 5.41) is 0.725. The second-order valence-electron chi connectivity index (χ2n) is 4.85. The van der Waals surface area contributed by atoms with Crippen molar-refractivity contribution >= 4 is 17.7 Å². The van der Waals surface area contributed by atoms with Crippen LogP contribution in [0.5, 0.6) is 0 Å². The molecule has 2 N–H and O–H groups in total. The summed E-state index contributed by atoms with van der Waals surface area (Å²) in [6, 6.07) is 0.400. The van der Waals surface area contributed by atoms with E-state index in [2.05, 4.69) is 6.92 Å². The summed E-state index contributed by atoms with van der Waals surface area (Å²) in [4.78, 5) is 14.0. The highest BCUT2D eigenvalue weighted by atomic mass is 32.2. The van der Waals surface area contributed by atoms with Gasteiger partial charge in [0, 0.05) is 32.0 Å². The largest absolute Gasteiger partial charge is 0.380 e. The van der Waals surface area contributed by atoms with Crippen molar-refractivity contribution in [2.45, 2.75) is 50.0 Å². The molecule has 1 amide bonds. The highest BCUT2D eigenvalue weighted by molar-refractivity contribution is 7.99. The van der Waals surface area contributed by atoms with Crippen LogP contribution in [0.4, 0.5) is 0 Å². The van der Waals surface area contributed by atoms with Gasteiger partial charge in [-0.15, -0.1) is 0 Å². The van der Waals surface area contributed by atoms with Crippen molar-refractivity contribution < 1.29 is 9.53 Å². The van der Waals surface area contributed by atoms with E-state index in [0.717, 1.165) is 23.8 Å². The van der Waals surface area contributed by atoms with Crippen molar-refractivity contribution in [3.05, 3.63) is 0 Å². The van der Waals surface area contributed by atoms with Gasteiger partial charge in [-0.25, -0.2) is 0 Å². The highest BCUT2D eigenvalue weighted by Gasteiger charge is 2.30. The molecule has 1 aliphatic rings. The van der Waals surface area contributed by atoms with E-state index in [1.165, 1.54) is 6.42 Å². The predicted molar refractivity (Wildman–Crippen MR) is 76.8 cm³/mol. The lowest BCUT2D eigenvalue weighted by Crippen LogP contribution is -2.39. The molecule has 4 nitrogen and oxygen atoms in total. The van der Waals surface area contributed by atoms with Crippen molar-refractivity contribution in [2.24, 2.45) is 5.73 Å². The molecule has 0 heterocycles. The lowest BCUT2D eigenvalue weighted by molar-refractivity contribution is -0.134. The smallest absolute Gasteiger partial charge is 0.225 e. The Balaban J connectivity index is 2.40. The average Bonchev–Trinajstić information content (AvgIpc) is 2.83. The zero-order valence-electron chi connectivity index (χ0n) is 11.7. The Bertz CT molecular complexity index is 259. The molecular weight excluding hydrogens is 248 g/mol. The Kier molecular flexibility index (Phi) is 7.04. The van der Waals surface area contributed by atoms with Crippen LogP contribution in [0.3, 0.4) is 0 Å². The molecule has 0 aromatic rings. The van der Waals surface area contributed by atoms with Gasteiger partial charge in [-0.05, 0) is 25.0 Å². The Morgan fingerprint density at radius 3 is 2.83 bits per heavy atom. The van der Waals surface area contributed by atoms with E-state index in [1.54, 1.807) is 7.11 Å². The molecular formula is C13H26N2O2S. The number of hydrogen-bond donors (Lipinski definition) is 1. The molecule has 1 fully saturated rings. The zero-order valence-corrected chi connectivity index (χ0v) is 12.5. The number of carbonyl (C=O) groups excluding carboxylic acids is 1. The maximum absolute atomic E-state index is 12.1. The van der Waals surface area contributed by atoms with Crippen molar-refractivity contribution in [3.63, 3.8) is 0 Å². The molecule has 1 saturated carbocycles. The summed E-state index contributed by atoms with van der Waals surface area (Å²) < 4.78 is 5.17. The van der Waals surface area contributed by atoms with Gasteiger partial charge < -0.3 is 15.4 Å². The maximum Gasteiger partial charge on any atom is 0.225 e. The Morgan fingerprint density at radius 2 is 2.28 bits per heavy atom. The third-order valence-electron chi connectivity index (χ3n) is 3.70. The van der Waals surface area contributed by atoms with Gasteiger partial charge in [0.25, 0.3) is 0 Å². The van der Waals surface area contributed by atoms with E-state index < -0.39 is 0 Å². The second kappa shape index (κ2) is 8.02. The van der Waals surface area contributed by atoms with Gasteiger partial charge in [0.05, 0.1) is 12.5 Å². The Labute approximate surface area is 115 Å². The molecule has 18 heavy (non-hydrogen) atoms. The average molecular weight is 274 g/mol. The van der Waals surface area contributed by atoms with Crippen molar-refractivity contribution in [2.75, 3.05) is 26.5 Å². The number of methoxy groups -OCH3 is 1. The molecule has 0 aliphatic heterocycles. The molecule has 0 spiro atoms. The van der Waals surface area contributed by atoms with Crippen LogP contribution in [0, 0.1) is 0 Å². The summed E-state index contributed by atoms with van der Waals surface area (Å²) >= 11 is 2.01. The van der Waals surface area contributed by atoms with Crippen LogP contribution in [0.2, 0.25) is 0 Å². The standard InChI is InChI=1S/C13H26N2O2S/c1-4-18-12-6-5-10(7-12)15(2)13(16)8-11(9-14)17-3/h10-12H,4-9,14H2,1-3H3. The van der Waals surface area contributed by atoms with Crippen molar-refractivity contribution in [1.82, 2.24) is 4.90 Å². The summed E-state index contributed by atoms with van der Waals surface area (Å²) in [6.07, 6.45) is 3.72. The normalized spacial score (nSPS) is 25.1. The third kappa shape index (κ3) is 4.44. The van der Waals surface area contributed by atoms with Crippen LogP contribution in [-0.4, -0.2) is 54.7 Å². The van der Waals surface area contributed by atoms with Crippen LogP contribution in [0.15, 0.2) is 0 Å². The van der Waals surface area contributed by atoms with Crippen molar-refractivity contribution in [3.8, 4) is 0 Å². The van der Waals surface area contributed by atoms with Crippen LogP contribution in [0.25, 0.3) is 0 Å². The molecule has 5 heteroatoms. The van der Waals surface area contributed by atoms with Gasteiger partial charge in [-0.3, -0.25) is 4.79 Å². The van der Waals surface area contributed by atoms with Crippen LogP contribution >= 0.6 is 11.8 Å². The van der Waals surface area contributed by atoms with Gasteiger partial charge in [0.2, 0.25) is 5.91 Å². The van der Waals surface area contributed by atoms with Crippen molar-refractivity contribution in [1.29, 1.82) is 0 Å². The molecule has 0 saturated heterocycles. The third-order valence-corrected chi connectivity index (χ3v) is 4.93. The number of hydrogen-bond acceptors (Lipinski definition) is 4. The van der Waals surface area contributed by atoms with Gasteiger partial charge in [0.1, 0.15) is 0 Å². The Hall–Kier alpha value is -0.260. The Morgan fingerprint density at radius 1 is 1.56 bits per heavy atom. The van der Waals surface area contributed by atoms with Gasteiger partial charge in [-0.2, -0.15) is 11.8 Å². The van der Waals surface area contributed by atoms with E-state index in [9.17, 15) is 4.79 Å². The van der Waals surface area contributed by atoms with E-state index in [0.29, 0.717) is 19.0 Å². The van der Waals surface area contributed by atoms with Crippen LogP contribution in [-0.2, 0) is 9.53 Å². The zero-order chi connectivity index (χ0) is 13.5. The number of ether oxygens (including phenoxy) is 1. The summed E-state index contributed by atoms with van der Waals surface area (Å²) in [5.74, 6) is 1.31. The molecule has 1 rings (SSSR count). The van der Waals surface area contributed by atoms with E-state index in [1.807, 2.05) is 23.7 Å². The first kappa shape index (κ1) is 15.8. The highest BCUT2D eigenvalue weighted by Crippen LogP contribution is 2.32. The fourth-order valence-corrected chi connectivity index (χ4v) is 3.59. The fourth-order valence-electron chi connectivity index (χ4n) is 2.46. The molecule has 3 unspecified atom stereocenters. The van der Waals surface area contributed by atoms with Gasteiger partial charge in [-0.1, -0.05) is 6.92 Å². The number of nitrogens with zero attached hydrogens (tertiary/aromatic N) is 1. The van der Waals surface area contributed by atoms with Gasteiger partial charge in [0.15, 0.2) is 0 Å². The molecule has 3 atom stereocenters. The monoisotopic (exact) mass is 274 g/mol. The number of nitrogens with two attached hydrogens (primary N) is 1. The summed E-state index contributed by atoms with van der Waals surface area (Å²) in [6.45, 7) is 2.59. The lowest BCUT2D eigenvalue weighted by Gasteiger charge is -2.26. The fraction of sp³-hybridized carbons (Fsp3) is 0.923. The first-order chi connectivity index (χ1) is 8.62. The minimum atomic E-state index is -0.151. The molecule has 0 radical (unpaired) electrons. The summed E-state index contributed by atoms with van der Waals surface area (Å²) in [7, 11) is 3.52. The van der Waals surface area contributed by atoms with E-state index in [4.69, 9.17) is 10.5 Å². The molecule has 106 valence electrons. The van der Waals surface area contributed by atoms with E-state index in [-0.39, 0.29) is 12.0 Å². The molecule has 1 aliphatic carbocycles. The second-order valence-corrected chi connectivity index (χ2v) is 6.42. The molecule has 0 bridgehead atoms. The summed E-state index contributed by atoms with van der Waals surface area (Å²) in [5.41, 5.74) is 5.55. The van der Waals surface area contributed by atoms with Crippen LogP contribution < -0.4 is 5.73 Å². The van der Waals surface area contributed by atoms with Gasteiger partial charge >= 0.3 is 0 Å².